The zero-order chi connectivity index (χ0) is 15.4. The van der Waals surface area contributed by atoms with E-state index >= 15 is 0 Å². The number of hydrogen-bond donors (Lipinski definition) is 1. The van der Waals surface area contributed by atoms with Gasteiger partial charge in [-0.15, -0.1) is 0 Å². The molecule has 2 rings (SSSR count). The zero-order valence-electron chi connectivity index (χ0n) is 13.3. The van der Waals surface area contributed by atoms with Crippen molar-refractivity contribution in [2.24, 2.45) is 5.73 Å². The Balaban J connectivity index is 2.17. The summed E-state index contributed by atoms with van der Waals surface area (Å²) >= 11 is 0. The number of nitrogens with two attached hydrogens (primary N) is 1. The number of methoxy groups -OCH3 is 2. The number of hydrogen-bond acceptors (Lipinski definition) is 5. The van der Waals surface area contributed by atoms with Crippen LogP contribution in [-0.2, 0) is 4.74 Å². The van der Waals surface area contributed by atoms with E-state index in [0.29, 0.717) is 0 Å². The molecule has 0 spiro atoms. The summed E-state index contributed by atoms with van der Waals surface area (Å²) in [4.78, 5) is 2.39. The molecule has 1 heterocycles. The van der Waals surface area contributed by atoms with Gasteiger partial charge in [-0.3, -0.25) is 4.90 Å². The molecule has 0 radical (unpaired) electrons. The van der Waals surface area contributed by atoms with Gasteiger partial charge in [0.1, 0.15) is 11.5 Å². The van der Waals surface area contributed by atoms with Gasteiger partial charge in [0.05, 0.1) is 26.9 Å². The van der Waals surface area contributed by atoms with E-state index in [1.165, 1.54) is 0 Å². The van der Waals surface area contributed by atoms with Gasteiger partial charge in [0.25, 0.3) is 0 Å². The van der Waals surface area contributed by atoms with E-state index in [4.69, 9.17) is 19.9 Å². The molecule has 1 aromatic rings. The fourth-order valence-electron chi connectivity index (χ4n) is 2.73. The average molecular weight is 294 g/mol. The standard InChI is InChI=1S/C16H26N2O3/c1-11(17)16-10-18(7-8-21-16)12(2)14-6-5-13(19-3)9-15(14)20-4/h5-6,9,11-12,16H,7-8,10,17H2,1-4H3. The van der Waals surface area contributed by atoms with E-state index in [2.05, 4.69) is 17.9 Å². The second-order valence-electron chi connectivity index (χ2n) is 5.55. The maximum absolute atomic E-state index is 5.97. The van der Waals surface area contributed by atoms with E-state index in [9.17, 15) is 0 Å². The number of nitrogens with zero attached hydrogens (tertiary/aromatic N) is 1. The maximum Gasteiger partial charge on any atom is 0.127 e. The topological polar surface area (TPSA) is 57.0 Å². The van der Waals surface area contributed by atoms with Crippen LogP contribution in [0.4, 0.5) is 0 Å². The summed E-state index contributed by atoms with van der Waals surface area (Å²) in [5.74, 6) is 1.66. The first-order chi connectivity index (χ1) is 10.1. The SMILES string of the molecule is COc1ccc(C(C)N2CCOC(C(C)N)C2)c(OC)c1. The molecule has 1 aliphatic rings. The smallest absolute Gasteiger partial charge is 0.127 e. The highest BCUT2D eigenvalue weighted by Gasteiger charge is 2.28. The zero-order valence-corrected chi connectivity index (χ0v) is 13.3. The Morgan fingerprint density at radius 1 is 1.29 bits per heavy atom. The van der Waals surface area contributed by atoms with Gasteiger partial charge in [-0.25, -0.2) is 0 Å². The molecule has 0 aromatic heterocycles. The van der Waals surface area contributed by atoms with Gasteiger partial charge in [-0.2, -0.15) is 0 Å². The average Bonchev–Trinajstić information content (AvgIpc) is 2.53. The molecule has 0 bridgehead atoms. The lowest BCUT2D eigenvalue weighted by atomic mass is 10.0. The van der Waals surface area contributed by atoms with E-state index in [0.717, 1.165) is 36.8 Å². The van der Waals surface area contributed by atoms with Gasteiger partial charge in [0, 0.05) is 36.8 Å². The Kier molecular flexibility index (Phi) is 5.45. The van der Waals surface area contributed by atoms with Gasteiger partial charge in [-0.05, 0) is 19.9 Å². The van der Waals surface area contributed by atoms with Crippen LogP contribution in [0.15, 0.2) is 18.2 Å². The van der Waals surface area contributed by atoms with Crippen LogP contribution in [0.3, 0.4) is 0 Å². The lowest BCUT2D eigenvalue weighted by molar-refractivity contribution is -0.0500. The van der Waals surface area contributed by atoms with Gasteiger partial charge in [0.2, 0.25) is 0 Å². The number of benzene rings is 1. The van der Waals surface area contributed by atoms with Crippen molar-refractivity contribution in [3.05, 3.63) is 23.8 Å². The highest BCUT2D eigenvalue weighted by Crippen LogP contribution is 2.33. The van der Waals surface area contributed by atoms with Crippen LogP contribution < -0.4 is 15.2 Å². The molecule has 1 aromatic carbocycles. The molecule has 3 atom stereocenters. The predicted octanol–water partition coefficient (Wildman–Crippen LogP) is 1.81. The normalized spacial score (nSPS) is 22.6. The van der Waals surface area contributed by atoms with Crippen molar-refractivity contribution in [2.75, 3.05) is 33.9 Å². The molecule has 1 fully saturated rings. The largest absolute Gasteiger partial charge is 0.497 e. The van der Waals surface area contributed by atoms with Crippen molar-refractivity contribution in [3.8, 4) is 11.5 Å². The Morgan fingerprint density at radius 2 is 2.05 bits per heavy atom. The number of rotatable bonds is 5. The molecule has 1 aliphatic heterocycles. The summed E-state index contributed by atoms with van der Waals surface area (Å²) in [5.41, 5.74) is 7.13. The molecular formula is C16H26N2O3. The number of ether oxygens (including phenoxy) is 3. The van der Waals surface area contributed by atoms with Gasteiger partial charge in [-0.1, -0.05) is 6.07 Å². The van der Waals surface area contributed by atoms with Crippen molar-refractivity contribution >= 4 is 0 Å². The van der Waals surface area contributed by atoms with Crippen LogP contribution in [0.25, 0.3) is 0 Å². The Labute approximate surface area is 127 Å². The number of morpholine rings is 1. The van der Waals surface area contributed by atoms with Crippen LogP contribution in [0.1, 0.15) is 25.5 Å². The minimum Gasteiger partial charge on any atom is -0.497 e. The van der Waals surface area contributed by atoms with E-state index in [1.54, 1.807) is 14.2 Å². The quantitative estimate of drug-likeness (QED) is 0.897. The van der Waals surface area contributed by atoms with Crippen molar-refractivity contribution in [1.82, 2.24) is 4.90 Å². The van der Waals surface area contributed by atoms with E-state index in [-0.39, 0.29) is 18.2 Å². The second-order valence-corrected chi connectivity index (χ2v) is 5.55. The summed E-state index contributed by atoms with van der Waals surface area (Å²) in [6.45, 7) is 6.64. The van der Waals surface area contributed by atoms with Crippen molar-refractivity contribution in [3.63, 3.8) is 0 Å². The van der Waals surface area contributed by atoms with Gasteiger partial charge >= 0.3 is 0 Å². The predicted molar refractivity (Wildman–Crippen MR) is 82.9 cm³/mol. The van der Waals surface area contributed by atoms with Crippen LogP contribution in [-0.4, -0.2) is 51.0 Å². The Hall–Kier alpha value is -1.30. The molecule has 0 aliphatic carbocycles. The fraction of sp³-hybridized carbons (Fsp3) is 0.625. The summed E-state index contributed by atoms with van der Waals surface area (Å²) in [6, 6.07) is 6.25. The molecule has 118 valence electrons. The maximum atomic E-state index is 5.97. The Bertz CT molecular complexity index is 465. The molecule has 5 heteroatoms. The van der Waals surface area contributed by atoms with Crippen molar-refractivity contribution in [2.45, 2.75) is 32.0 Å². The van der Waals surface area contributed by atoms with Crippen LogP contribution in [0, 0.1) is 0 Å². The summed E-state index contributed by atoms with van der Waals surface area (Å²) in [5, 5.41) is 0. The highest BCUT2D eigenvalue weighted by atomic mass is 16.5. The van der Waals surface area contributed by atoms with E-state index < -0.39 is 0 Å². The Morgan fingerprint density at radius 3 is 2.67 bits per heavy atom. The minimum atomic E-state index is 0.0396. The van der Waals surface area contributed by atoms with Crippen molar-refractivity contribution < 1.29 is 14.2 Å². The fourth-order valence-corrected chi connectivity index (χ4v) is 2.73. The third kappa shape index (κ3) is 3.67. The lowest BCUT2D eigenvalue weighted by Crippen LogP contribution is -2.50. The highest BCUT2D eigenvalue weighted by molar-refractivity contribution is 5.42. The first-order valence-electron chi connectivity index (χ1n) is 7.40. The molecule has 5 nitrogen and oxygen atoms in total. The van der Waals surface area contributed by atoms with Gasteiger partial charge in [0.15, 0.2) is 0 Å². The molecule has 3 unspecified atom stereocenters. The molecule has 1 saturated heterocycles. The molecule has 2 N–H and O–H groups in total. The third-order valence-corrected chi connectivity index (χ3v) is 4.15. The molecule has 0 amide bonds. The van der Waals surface area contributed by atoms with Gasteiger partial charge < -0.3 is 19.9 Å². The summed E-state index contributed by atoms with van der Waals surface area (Å²) in [7, 11) is 3.35. The molecular weight excluding hydrogens is 268 g/mol. The monoisotopic (exact) mass is 294 g/mol. The van der Waals surface area contributed by atoms with E-state index in [1.807, 2.05) is 19.1 Å². The minimum absolute atomic E-state index is 0.0396. The lowest BCUT2D eigenvalue weighted by Gasteiger charge is -2.38. The third-order valence-electron chi connectivity index (χ3n) is 4.15. The molecule has 21 heavy (non-hydrogen) atoms. The first kappa shape index (κ1) is 16.1. The second kappa shape index (κ2) is 7.11. The molecule has 0 saturated carbocycles. The van der Waals surface area contributed by atoms with Crippen molar-refractivity contribution in [1.29, 1.82) is 0 Å². The van der Waals surface area contributed by atoms with Crippen LogP contribution >= 0.6 is 0 Å². The summed E-state index contributed by atoms with van der Waals surface area (Å²) < 4.78 is 16.5. The first-order valence-corrected chi connectivity index (χ1v) is 7.40. The van der Waals surface area contributed by atoms with Crippen LogP contribution in [0.5, 0.6) is 11.5 Å². The summed E-state index contributed by atoms with van der Waals surface area (Å²) in [6.07, 6.45) is 0.0884. The van der Waals surface area contributed by atoms with Crippen LogP contribution in [0.2, 0.25) is 0 Å².